The second kappa shape index (κ2) is 5.78. The molecule has 3 heteroatoms. The number of likely N-dealkylation sites (N-methyl/N-ethyl adjacent to an activating group) is 1. The lowest BCUT2D eigenvalue weighted by atomic mass is 10.3. The third kappa shape index (κ3) is 9.82. The van der Waals surface area contributed by atoms with E-state index < -0.39 is 0 Å². The van der Waals surface area contributed by atoms with Gasteiger partial charge >= 0.3 is 0 Å². The number of halogens is 1. The van der Waals surface area contributed by atoms with Crippen LogP contribution in [-0.2, 0) is 0 Å². The largest absolute Gasteiger partial charge is 1.00 e. The Morgan fingerprint density at radius 2 is 1.88 bits per heavy atom. The Hall–Kier alpha value is 0.650. The number of hydrogen-bond acceptors (Lipinski definition) is 1. The molecule has 0 rings (SSSR count). The molecule has 3 N–H and O–H groups in total. The fourth-order valence-corrected chi connectivity index (χ4v) is 0.644. The van der Waals surface area contributed by atoms with Gasteiger partial charge in [0.05, 0.1) is 26.7 Å². The summed E-state index contributed by atoms with van der Waals surface area (Å²) < 4.78 is 0. The summed E-state index contributed by atoms with van der Waals surface area (Å²) >= 11 is 0. The van der Waals surface area contributed by atoms with Crippen molar-refractivity contribution in [3.8, 4) is 0 Å². The number of hydrogen-bond donors (Lipinski definition) is 2. The molecule has 0 saturated heterocycles. The van der Waals surface area contributed by atoms with Crippen LogP contribution in [0.25, 0.3) is 0 Å². The minimum Gasteiger partial charge on any atom is -1.00 e. The molecule has 0 aliphatic rings. The zero-order chi connectivity index (χ0) is 5.86. The maximum Gasteiger partial charge on any atom is 0.0917 e. The average molecular weight is 230 g/mol. The maximum absolute atomic E-state index is 5.47. The van der Waals surface area contributed by atoms with Gasteiger partial charge in [-0.05, 0) is 6.92 Å². The third-order valence-corrected chi connectivity index (χ3v) is 0.730. The third-order valence-electron chi connectivity index (χ3n) is 0.730. The summed E-state index contributed by atoms with van der Waals surface area (Å²) in [5, 5.41) is 0. The maximum atomic E-state index is 5.47. The first kappa shape index (κ1) is 11.4. The molecule has 0 bridgehead atoms. The first-order valence-electron chi connectivity index (χ1n) is 2.67. The Morgan fingerprint density at radius 3 is 1.88 bits per heavy atom. The molecule has 0 aromatic rings. The Bertz CT molecular complexity index is 39.7. The predicted octanol–water partition coefficient (Wildman–Crippen LogP) is -4.52. The molecular formula is C5H15IN2. The molecule has 0 spiro atoms. The second-order valence-corrected chi connectivity index (χ2v) is 2.39. The van der Waals surface area contributed by atoms with Gasteiger partial charge in [-0.2, -0.15) is 0 Å². The molecule has 0 aliphatic heterocycles. The molecule has 0 radical (unpaired) electrons. The van der Waals surface area contributed by atoms with Crippen LogP contribution in [0.2, 0.25) is 0 Å². The highest BCUT2D eigenvalue weighted by molar-refractivity contribution is 4.44. The fraction of sp³-hybridized carbons (Fsp3) is 1.00. The van der Waals surface area contributed by atoms with E-state index in [4.69, 9.17) is 5.73 Å². The van der Waals surface area contributed by atoms with E-state index in [1.165, 1.54) is 4.90 Å². The van der Waals surface area contributed by atoms with Crippen molar-refractivity contribution in [1.29, 1.82) is 0 Å². The standard InChI is InChI=1S/C5H14N2.HI/c1-5(6)4-7(2)3;/h5H,4,6H2,1-3H3;1H. The van der Waals surface area contributed by atoms with Gasteiger partial charge < -0.3 is 34.6 Å². The van der Waals surface area contributed by atoms with Gasteiger partial charge in [-0.15, -0.1) is 0 Å². The molecule has 8 heavy (non-hydrogen) atoms. The zero-order valence-electron chi connectivity index (χ0n) is 5.74. The van der Waals surface area contributed by atoms with Crippen molar-refractivity contribution in [3.63, 3.8) is 0 Å². The first-order chi connectivity index (χ1) is 3.13. The summed E-state index contributed by atoms with van der Waals surface area (Å²) in [6.07, 6.45) is 0. The van der Waals surface area contributed by atoms with Crippen molar-refractivity contribution < 1.29 is 28.9 Å². The summed E-state index contributed by atoms with van der Waals surface area (Å²) in [4.78, 5) is 1.41. The Morgan fingerprint density at radius 1 is 1.50 bits per heavy atom. The summed E-state index contributed by atoms with van der Waals surface area (Å²) in [6.45, 7) is 3.08. The predicted molar refractivity (Wildman–Crippen MR) is 31.3 cm³/mol. The van der Waals surface area contributed by atoms with Crippen molar-refractivity contribution in [1.82, 2.24) is 0 Å². The molecule has 0 heterocycles. The van der Waals surface area contributed by atoms with Crippen molar-refractivity contribution in [2.45, 2.75) is 13.0 Å². The van der Waals surface area contributed by atoms with E-state index in [0.717, 1.165) is 6.54 Å². The van der Waals surface area contributed by atoms with Crippen LogP contribution < -0.4 is 34.6 Å². The van der Waals surface area contributed by atoms with E-state index in [-0.39, 0.29) is 24.0 Å². The summed E-state index contributed by atoms with van der Waals surface area (Å²) in [5.74, 6) is 0. The molecule has 0 aliphatic carbocycles. The Kier molecular flexibility index (Phi) is 8.27. The molecule has 1 unspecified atom stereocenters. The van der Waals surface area contributed by atoms with Gasteiger partial charge in [0, 0.05) is 0 Å². The molecule has 0 aromatic heterocycles. The van der Waals surface area contributed by atoms with Crippen LogP contribution in [0.15, 0.2) is 0 Å². The van der Waals surface area contributed by atoms with Crippen molar-refractivity contribution in [3.05, 3.63) is 0 Å². The van der Waals surface area contributed by atoms with E-state index in [2.05, 4.69) is 14.1 Å². The van der Waals surface area contributed by atoms with Gasteiger partial charge in [0.2, 0.25) is 0 Å². The van der Waals surface area contributed by atoms with Crippen LogP contribution in [0, 0.1) is 0 Å². The number of quaternary nitrogens is 1. The Balaban J connectivity index is 0. The molecular weight excluding hydrogens is 215 g/mol. The van der Waals surface area contributed by atoms with Crippen LogP contribution in [0.3, 0.4) is 0 Å². The van der Waals surface area contributed by atoms with Crippen molar-refractivity contribution in [2.24, 2.45) is 5.73 Å². The normalized spacial score (nSPS) is 13.1. The highest BCUT2D eigenvalue weighted by atomic mass is 127. The second-order valence-electron chi connectivity index (χ2n) is 2.39. The van der Waals surface area contributed by atoms with Gasteiger partial charge in [-0.3, -0.25) is 0 Å². The molecule has 1 atom stereocenters. The minimum absolute atomic E-state index is 0. The van der Waals surface area contributed by atoms with Gasteiger partial charge in [0.25, 0.3) is 0 Å². The van der Waals surface area contributed by atoms with E-state index in [1.54, 1.807) is 0 Å². The molecule has 0 saturated carbocycles. The highest BCUT2D eigenvalue weighted by Crippen LogP contribution is 1.59. The van der Waals surface area contributed by atoms with Gasteiger partial charge in [-0.1, -0.05) is 0 Å². The molecule has 0 fully saturated rings. The van der Waals surface area contributed by atoms with Gasteiger partial charge in [0.15, 0.2) is 0 Å². The van der Waals surface area contributed by atoms with E-state index >= 15 is 0 Å². The van der Waals surface area contributed by atoms with Gasteiger partial charge in [-0.25, -0.2) is 0 Å². The smallest absolute Gasteiger partial charge is 0.0917 e. The summed E-state index contributed by atoms with van der Waals surface area (Å²) in [5.41, 5.74) is 5.47. The van der Waals surface area contributed by atoms with E-state index in [1.807, 2.05) is 6.92 Å². The lowest BCUT2D eigenvalue weighted by Crippen LogP contribution is -3.07. The van der Waals surface area contributed by atoms with Crippen LogP contribution in [0.5, 0.6) is 0 Å². The van der Waals surface area contributed by atoms with Crippen LogP contribution in [0.1, 0.15) is 6.92 Å². The minimum atomic E-state index is 0. The zero-order valence-corrected chi connectivity index (χ0v) is 7.90. The van der Waals surface area contributed by atoms with Crippen LogP contribution in [0.4, 0.5) is 0 Å². The lowest BCUT2D eigenvalue weighted by molar-refractivity contribution is -0.859. The fourth-order valence-electron chi connectivity index (χ4n) is 0.644. The number of nitrogens with one attached hydrogen (secondary N) is 1. The topological polar surface area (TPSA) is 30.5 Å². The SMILES string of the molecule is CC(N)C[NH+](C)C.[I-]. The van der Waals surface area contributed by atoms with Crippen LogP contribution >= 0.6 is 0 Å². The Labute approximate surface area is 68.4 Å². The number of rotatable bonds is 2. The average Bonchev–Trinajstić information content (AvgIpc) is 1.27. The van der Waals surface area contributed by atoms with Crippen LogP contribution in [-0.4, -0.2) is 26.7 Å². The van der Waals surface area contributed by atoms with E-state index in [0.29, 0.717) is 6.04 Å². The monoisotopic (exact) mass is 230 g/mol. The van der Waals surface area contributed by atoms with E-state index in [9.17, 15) is 0 Å². The lowest BCUT2D eigenvalue weighted by Gasteiger charge is -2.08. The quantitative estimate of drug-likeness (QED) is 0.460. The molecule has 52 valence electrons. The summed E-state index contributed by atoms with van der Waals surface area (Å²) in [6, 6.07) is 0.338. The van der Waals surface area contributed by atoms with Gasteiger partial charge in [0.1, 0.15) is 0 Å². The molecule has 0 aromatic carbocycles. The molecule has 0 amide bonds. The summed E-state index contributed by atoms with van der Waals surface area (Å²) in [7, 11) is 4.20. The van der Waals surface area contributed by atoms with Crippen molar-refractivity contribution >= 4 is 0 Å². The number of nitrogens with two attached hydrogens (primary N) is 1. The first-order valence-corrected chi connectivity index (χ1v) is 2.67. The van der Waals surface area contributed by atoms with Crippen molar-refractivity contribution in [2.75, 3.05) is 20.6 Å². The molecule has 2 nitrogen and oxygen atoms in total. The highest BCUT2D eigenvalue weighted by Gasteiger charge is 1.95.